The largest absolute Gasteiger partial charge is 0.444 e. The minimum absolute atomic E-state index is 0.115. The number of carbonyl (C=O) groups is 3. The van der Waals surface area contributed by atoms with Crippen LogP contribution in [0.25, 0.3) is 0 Å². The van der Waals surface area contributed by atoms with Gasteiger partial charge in [0.15, 0.2) is 0 Å². The summed E-state index contributed by atoms with van der Waals surface area (Å²) in [6.45, 7) is 6.93. The zero-order chi connectivity index (χ0) is 19.3. The summed E-state index contributed by atoms with van der Waals surface area (Å²) in [7, 11) is 0. The van der Waals surface area contributed by atoms with Gasteiger partial charge in [0.25, 0.3) is 5.91 Å². The van der Waals surface area contributed by atoms with Crippen molar-refractivity contribution in [3.05, 3.63) is 34.9 Å². The number of carbonyl (C=O) groups excluding carboxylic acids is 3. The molecular formula is C18H24ClN3O4. The van der Waals surface area contributed by atoms with Crippen LogP contribution in [-0.2, 0) is 9.53 Å². The molecule has 0 saturated carbocycles. The van der Waals surface area contributed by atoms with E-state index in [4.69, 9.17) is 16.3 Å². The van der Waals surface area contributed by atoms with Crippen molar-refractivity contribution in [2.45, 2.75) is 26.4 Å². The van der Waals surface area contributed by atoms with E-state index < -0.39 is 11.5 Å². The van der Waals surface area contributed by atoms with Crippen molar-refractivity contribution in [1.29, 1.82) is 0 Å². The number of nitrogens with one attached hydrogen (secondary N) is 1. The fourth-order valence-electron chi connectivity index (χ4n) is 2.47. The zero-order valence-electron chi connectivity index (χ0n) is 15.3. The number of rotatable bonds is 3. The Kier molecular flexibility index (Phi) is 6.47. The van der Waals surface area contributed by atoms with Crippen molar-refractivity contribution in [1.82, 2.24) is 15.1 Å². The SMILES string of the molecule is CC(C)(C)OC(=O)N1CCN(C(=O)CNC(=O)c2ccccc2Cl)CC1. The van der Waals surface area contributed by atoms with Gasteiger partial charge in [-0.25, -0.2) is 4.79 Å². The van der Waals surface area contributed by atoms with Crippen LogP contribution >= 0.6 is 11.6 Å². The van der Waals surface area contributed by atoms with E-state index in [0.717, 1.165) is 0 Å². The maximum Gasteiger partial charge on any atom is 0.410 e. The van der Waals surface area contributed by atoms with Crippen LogP contribution in [0, 0.1) is 0 Å². The number of ether oxygens (including phenoxy) is 1. The maximum absolute atomic E-state index is 12.3. The number of piperazine rings is 1. The van der Waals surface area contributed by atoms with Gasteiger partial charge in [0, 0.05) is 26.2 Å². The molecule has 0 radical (unpaired) electrons. The monoisotopic (exact) mass is 381 g/mol. The smallest absolute Gasteiger partial charge is 0.410 e. The average Bonchev–Trinajstić information content (AvgIpc) is 2.58. The molecule has 142 valence electrons. The lowest BCUT2D eigenvalue weighted by Gasteiger charge is -2.35. The van der Waals surface area contributed by atoms with Crippen LogP contribution < -0.4 is 5.32 Å². The van der Waals surface area contributed by atoms with E-state index in [0.29, 0.717) is 36.8 Å². The molecule has 0 unspecified atom stereocenters. The van der Waals surface area contributed by atoms with E-state index in [-0.39, 0.29) is 18.5 Å². The Labute approximate surface area is 158 Å². The van der Waals surface area contributed by atoms with Gasteiger partial charge in [-0.05, 0) is 32.9 Å². The molecule has 1 aliphatic heterocycles. The van der Waals surface area contributed by atoms with Crippen molar-refractivity contribution in [2.75, 3.05) is 32.7 Å². The van der Waals surface area contributed by atoms with Crippen LogP contribution in [0.15, 0.2) is 24.3 Å². The molecule has 1 saturated heterocycles. The molecule has 1 N–H and O–H groups in total. The third-order valence-electron chi connectivity index (χ3n) is 3.80. The summed E-state index contributed by atoms with van der Waals surface area (Å²) < 4.78 is 5.33. The highest BCUT2D eigenvalue weighted by molar-refractivity contribution is 6.33. The van der Waals surface area contributed by atoms with Gasteiger partial charge in [-0.3, -0.25) is 9.59 Å². The van der Waals surface area contributed by atoms with Crippen molar-refractivity contribution in [3.8, 4) is 0 Å². The maximum atomic E-state index is 12.3. The van der Waals surface area contributed by atoms with E-state index >= 15 is 0 Å². The Bertz CT molecular complexity index is 679. The molecule has 1 aromatic carbocycles. The molecule has 7 nitrogen and oxygen atoms in total. The number of hydrogen-bond donors (Lipinski definition) is 1. The molecule has 1 aromatic rings. The lowest BCUT2D eigenvalue weighted by Crippen LogP contribution is -2.53. The normalized spacial score (nSPS) is 14.8. The van der Waals surface area contributed by atoms with Gasteiger partial charge >= 0.3 is 6.09 Å². The van der Waals surface area contributed by atoms with Gasteiger partial charge in [-0.1, -0.05) is 23.7 Å². The van der Waals surface area contributed by atoms with E-state index in [1.54, 1.807) is 34.1 Å². The molecule has 1 aliphatic rings. The predicted octanol–water partition coefficient (Wildman–Crippen LogP) is 2.15. The van der Waals surface area contributed by atoms with Crippen molar-refractivity contribution < 1.29 is 19.1 Å². The minimum Gasteiger partial charge on any atom is -0.444 e. The molecule has 0 aromatic heterocycles. The first-order valence-corrected chi connectivity index (χ1v) is 8.83. The average molecular weight is 382 g/mol. The molecule has 3 amide bonds. The fraction of sp³-hybridized carbons (Fsp3) is 0.500. The van der Waals surface area contributed by atoms with Gasteiger partial charge < -0.3 is 19.9 Å². The summed E-state index contributed by atoms with van der Waals surface area (Å²) in [5.41, 5.74) is -0.218. The Morgan fingerprint density at radius 1 is 1.08 bits per heavy atom. The van der Waals surface area contributed by atoms with Crippen molar-refractivity contribution in [2.24, 2.45) is 0 Å². The molecule has 0 spiro atoms. The Hall–Kier alpha value is -2.28. The highest BCUT2D eigenvalue weighted by atomic mass is 35.5. The summed E-state index contributed by atoms with van der Waals surface area (Å²) in [6.07, 6.45) is -0.378. The van der Waals surface area contributed by atoms with E-state index in [1.165, 1.54) is 0 Å². The number of nitrogens with zero attached hydrogens (tertiary/aromatic N) is 2. The molecular weight excluding hydrogens is 358 g/mol. The Balaban J connectivity index is 1.79. The van der Waals surface area contributed by atoms with Crippen LogP contribution in [0.2, 0.25) is 5.02 Å². The third-order valence-corrected chi connectivity index (χ3v) is 4.13. The molecule has 1 fully saturated rings. The molecule has 2 rings (SSSR count). The van der Waals surface area contributed by atoms with Crippen LogP contribution in [0.4, 0.5) is 4.79 Å². The first-order chi connectivity index (χ1) is 12.2. The Morgan fingerprint density at radius 2 is 1.65 bits per heavy atom. The van der Waals surface area contributed by atoms with Crippen LogP contribution in [0.3, 0.4) is 0 Å². The van der Waals surface area contributed by atoms with Gasteiger partial charge in [0.1, 0.15) is 5.60 Å². The number of hydrogen-bond acceptors (Lipinski definition) is 4. The van der Waals surface area contributed by atoms with E-state index in [2.05, 4.69) is 5.32 Å². The molecule has 8 heteroatoms. The Morgan fingerprint density at radius 3 is 2.23 bits per heavy atom. The number of amides is 3. The van der Waals surface area contributed by atoms with Crippen LogP contribution in [-0.4, -0.2) is 66.0 Å². The summed E-state index contributed by atoms with van der Waals surface area (Å²) in [6, 6.07) is 6.66. The molecule has 0 bridgehead atoms. The second kappa shape index (κ2) is 8.40. The van der Waals surface area contributed by atoms with E-state index in [9.17, 15) is 14.4 Å². The number of halogens is 1. The van der Waals surface area contributed by atoms with Gasteiger partial charge in [0.05, 0.1) is 17.1 Å². The first-order valence-electron chi connectivity index (χ1n) is 8.46. The summed E-state index contributed by atoms with van der Waals surface area (Å²) >= 11 is 5.97. The third kappa shape index (κ3) is 5.62. The van der Waals surface area contributed by atoms with Crippen LogP contribution in [0.1, 0.15) is 31.1 Å². The summed E-state index contributed by atoms with van der Waals surface area (Å²) in [4.78, 5) is 39.6. The second-order valence-electron chi connectivity index (χ2n) is 7.01. The molecule has 0 aliphatic carbocycles. The topological polar surface area (TPSA) is 79.0 Å². The molecule has 0 atom stereocenters. The summed E-state index contributed by atoms with van der Waals surface area (Å²) in [5.74, 6) is -0.592. The second-order valence-corrected chi connectivity index (χ2v) is 7.42. The fourth-order valence-corrected chi connectivity index (χ4v) is 2.69. The van der Waals surface area contributed by atoms with Gasteiger partial charge in [-0.15, -0.1) is 0 Å². The lowest BCUT2D eigenvalue weighted by molar-refractivity contribution is -0.131. The van der Waals surface area contributed by atoms with Crippen LogP contribution in [0.5, 0.6) is 0 Å². The predicted molar refractivity (Wildman–Crippen MR) is 98.2 cm³/mol. The van der Waals surface area contributed by atoms with E-state index in [1.807, 2.05) is 20.8 Å². The van der Waals surface area contributed by atoms with Crippen molar-refractivity contribution >= 4 is 29.5 Å². The quantitative estimate of drug-likeness (QED) is 0.870. The van der Waals surface area contributed by atoms with Gasteiger partial charge in [-0.2, -0.15) is 0 Å². The summed E-state index contributed by atoms with van der Waals surface area (Å²) in [5, 5.41) is 2.92. The minimum atomic E-state index is -0.549. The lowest BCUT2D eigenvalue weighted by atomic mass is 10.2. The highest BCUT2D eigenvalue weighted by Crippen LogP contribution is 2.14. The molecule has 26 heavy (non-hydrogen) atoms. The zero-order valence-corrected chi connectivity index (χ0v) is 16.0. The first kappa shape index (κ1) is 20.0. The van der Waals surface area contributed by atoms with Crippen molar-refractivity contribution in [3.63, 3.8) is 0 Å². The number of benzene rings is 1. The highest BCUT2D eigenvalue weighted by Gasteiger charge is 2.27. The van der Waals surface area contributed by atoms with Gasteiger partial charge in [0.2, 0.25) is 5.91 Å². The molecule has 1 heterocycles. The standard InChI is InChI=1S/C18H24ClN3O4/c1-18(2,3)26-17(25)22-10-8-21(9-11-22)15(23)12-20-16(24)13-6-4-5-7-14(13)19/h4-7H,8-12H2,1-3H3,(H,20,24).